The Kier molecular flexibility index (Phi) is 7.47. The van der Waals surface area contributed by atoms with Gasteiger partial charge in [0.15, 0.2) is 0 Å². The zero-order valence-electron chi connectivity index (χ0n) is 17.5. The lowest BCUT2D eigenvalue weighted by Crippen LogP contribution is -2.55. The van der Waals surface area contributed by atoms with E-state index in [9.17, 15) is 13.2 Å². The summed E-state index contributed by atoms with van der Waals surface area (Å²) in [6.45, 7) is 4.18. The molecule has 0 unspecified atom stereocenters. The minimum Gasteiger partial charge on any atom is -0.497 e. The van der Waals surface area contributed by atoms with Crippen molar-refractivity contribution in [2.75, 3.05) is 27.7 Å². The van der Waals surface area contributed by atoms with Gasteiger partial charge < -0.3 is 15.0 Å². The van der Waals surface area contributed by atoms with Crippen LogP contribution in [0.15, 0.2) is 29.2 Å². The lowest BCUT2D eigenvalue weighted by Gasteiger charge is -2.37. The normalized spacial score (nSPS) is 17.7. The maximum absolute atomic E-state index is 12.8. The molecule has 0 radical (unpaired) electrons. The molecule has 0 bridgehead atoms. The van der Waals surface area contributed by atoms with Crippen molar-refractivity contribution >= 4 is 15.9 Å². The average molecular weight is 412 g/mol. The molecule has 158 valence electrons. The van der Waals surface area contributed by atoms with Crippen LogP contribution in [0.25, 0.3) is 0 Å². The van der Waals surface area contributed by atoms with E-state index in [1.807, 2.05) is 27.9 Å². The van der Waals surface area contributed by atoms with Crippen LogP contribution in [0.1, 0.15) is 39.5 Å². The fourth-order valence-corrected chi connectivity index (χ4v) is 5.00. The first-order valence-corrected chi connectivity index (χ1v) is 11.2. The maximum Gasteiger partial charge on any atom is 0.241 e. The summed E-state index contributed by atoms with van der Waals surface area (Å²) < 4.78 is 33.1. The van der Waals surface area contributed by atoms with Crippen LogP contribution in [-0.2, 0) is 14.8 Å². The molecule has 2 rings (SSSR count). The second-order valence-corrected chi connectivity index (χ2v) is 9.78. The van der Waals surface area contributed by atoms with Crippen molar-refractivity contribution in [2.24, 2.45) is 5.92 Å². The Morgan fingerprint density at radius 2 is 1.75 bits per heavy atom. The monoisotopic (exact) mass is 411 g/mol. The first-order valence-electron chi connectivity index (χ1n) is 9.73. The molecule has 0 saturated heterocycles. The Labute approximate surface area is 168 Å². The Balaban J connectivity index is 2.10. The van der Waals surface area contributed by atoms with Crippen LogP contribution in [0.4, 0.5) is 0 Å². The molecule has 7 nitrogen and oxygen atoms in total. The summed E-state index contributed by atoms with van der Waals surface area (Å²) in [5.74, 6) is 0.0924. The van der Waals surface area contributed by atoms with Gasteiger partial charge in [0.1, 0.15) is 11.8 Å². The number of benzene rings is 1. The smallest absolute Gasteiger partial charge is 0.241 e. The summed E-state index contributed by atoms with van der Waals surface area (Å²) in [6, 6.07) is 5.26. The van der Waals surface area contributed by atoms with E-state index in [1.54, 1.807) is 12.1 Å². The molecule has 1 atom stereocenters. The van der Waals surface area contributed by atoms with E-state index in [0.717, 1.165) is 25.7 Å². The van der Waals surface area contributed by atoms with Gasteiger partial charge in [0, 0.05) is 12.1 Å². The van der Waals surface area contributed by atoms with Crippen molar-refractivity contribution in [3.63, 3.8) is 0 Å². The quantitative estimate of drug-likeness (QED) is 0.649. The molecule has 1 aromatic carbocycles. The fourth-order valence-electron chi connectivity index (χ4n) is 3.66. The predicted octanol–water partition coefficient (Wildman–Crippen LogP) is 1.99. The molecule has 1 saturated carbocycles. The first-order chi connectivity index (χ1) is 13.1. The van der Waals surface area contributed by atoms with Crippen molar-refractivity contribution < 1.29 is 17.9 Å². The third-order valence-electron chi connectivity index (χ3n) is 5.68. The summed E-state index contributed by atoms with van der Waals surface area (Å²) in [5, 5.41) is 2.99. The summed E-state index contributed by atoms with van der Waals surface area (Å²) >= 11 is 0. The number of amides is 1. The van der Waals surface area contributed by atoms with Crippen LogP contribution in [0, 0.1) is 5.92 Å². The maximum atomic E-state index is 12.8. The number of methoxy groups -OCH3 is 1. The number of likely N-dealkylation sites (N-methyl/N-ethyl adjacent to an activating group) is 1. The second kappa shape index (κ2) is 9.24. The van der Waals surface area contributed by atoms with Gasteiger partial charge in [-0.15, -0.1) is 0 Å². The zero-order valence-corrected chi connectivity index (χ0v) is 18.3. The van der Waals surface area contributed by atoms with Crippen LogP contribution in [0.5, 0.6) is 5.75 Å². The van der Waals surface area contributed by atoms with E-state index in [-0.39, 0.29) is 22.3 Å². The number of sulfonamides is 1. The van der Waals surface area contributed by atoms with Gasteiger partial charge in [-0.25, -0.2) is 8.42 Å². The molecule has 1 fully saturated rings. The molecule has 1 aliphatic rings. The van der Waals surface area contributed by atoms with E-state index in [4.69, 9.17) is 4.74 Å². The Bertz CT molecular complexity index is 754. The van der Waals surface area contributed by atoms with E-state index in [0.29, 0.717) is 12.3 Å². The Morgan fingerprint density at radius 3 is 2.21 bits per heavy atom. The summed E-state index contributed by atoms with van der Waals surface area (Å²) in [4.78, 5) is 15.1. The van der Waals surface area contributed by atoms with Crippen LogP contribution < -0.4 is 14.8 Å². The molecule has 1 aromatic rings. The van der Waals surface area contributed by atoms with Crippen molar-refractivity contribution in [1.29, 1.82) is 0 Å². The number of ether oxygens (including phenoxy) is 1. The molecule has 1 amide bonds. The molecule has 0 aromatic heterocycles. The Hall–Kier alpha value is -1.64. The number of carbonyl (C=O) groups is 1. The third kappa shape index (κ3) is 5.24. The summed E-state index contributed by atoms with van der Waals surface area (Å²) in [7, 11) is 1.76. The summed E-state index contributed by atoms with van der Waals surface area (Å²) in [5.41, 5.74) is -0.0496. The number of hydrogen-bond acceptors (Lipinski definition) is 5. The van der Waals surface area contributed by atoms with Gasteiger partial charge in [0.25, 0.3) is 0 Å². The number of rotatable bonds is 9. The van der Waals surface area contributed by atoms with Gasteiger partial charge in [0.05, 0.1) is 12.0 Å². The third-order valence-corrected chi connectivity index (χ3v) is 7.13. The lowest BCUT2D eigenvalue weighted by atomic mass is 9.95. The van der Waals surface area contributed by atoms with E-state index in [2.05, 4.69) is 14.9 Å². The molecular formula is C20H33N3O4S. The molecule has 1 aliphatic carbocycles. The number of nitrogens with zero attached hydrogens (tertiary/aromatic N) is 1. The number of nitrogens with one attached hydrogen (secondary N) is 2. The number of carbonyl (C=O) groups excluding carboxylic acids is 1. The number of hydrogen-bond donors (Lipinski definition) is 2. The topological polar surface area (TPSA) is 87.7 Å². The predicted molar refractivity (Wildman–Crippen MR) is 110 cm³/mol. The van der Waals surface area contributed by atoms with E-state index < -0.39 is 16.1 Å². The summed E-state index contributed by atoms with van der Waals surface area (Å²) in [6.07, 6.45) is 4.35. The van der Waals surface area contributed by atoms with Crippen molar-refractivity contribution in [2.45, 2.75) is 56.0 Å². The molecule has 0 spiro atoms. The highest BCUT2D eigenvalue weighted by atomic mass is 32.2. The van der Waals surface area contributed by atoms with Crippen LogP contribution in [0.2, 0.25) is 0 Å². The van der Waals surface area contributed by atoms with Gasteiger partial charge in [-0.1, -0.05) is 26.7 Å². The van der Waals surface area contributed by atoms with Gasteiger partial charge >= 0.3 is 0 Å². The van der Waals surface area contributed by atoms with Crippen molar-refractivity contribution in [3.8, 4) is 5.75 Å². The van der Waals surface area contributed by atoms with Crippen LogP contribution >= 0.6 is 0 Å². The van der Waals surface area contributed by atoms with Crippen LogP contribution in [0.3, 0.4) is 0 Å². The van der Waals surface area contributed by atoms with Gasteiger partial charge in [-0.05, 0) is 57.1 Å². The molecule has 8 heteroatoms. The van der Waals surface area contributed by atoms with Gasteiger partial charge in [-0.3, -0.25) is 4.79 Å². The fraction of sp³-hybridized carbons (Fsp3) is 0.650. The van der Waals surface area contributed by atoms with E-state index in [1.165, 1.54) is 19.2 Å². The minimum absolute atomic E-state index is 0.0496. The highest BCUT2D eigenvalue weighted by molar-refractivity contribution is 7.89. The van der Waals surface area contributed by atoms with Gasteiger partial charge in [0.2, 0.25) is 15.9 Å². The molecule has 2 N–H and O–H groups in total. The molecule has 0 aliphatic heterocycles. The molecular weight excluding hydrogens is 378 g/mol. The highest BCUT2D eigenvalue weighted by Crippen LogP contribution is 2.33. The van der Waals surface area contributed by atoms with Crippen LogP contribution in [-0.4, -0.2) is 58.6 Å². The zero-order chi connectivity index (χ0) is 20.9. The Morgan fingerprint density at radius 1 is 1.18 bits per heavy atom. The second-order valence-electron chi connectivity index (χ2n) is 8.06. The van der Waals surface area contributed by atoms with E-state index >= 15 is 0 Å². The SMILES string of the molecule is COc1ccc(S(=O)(=O)N[C@H](C(=O)NCC2(N(C)C)CCCC2)C(C)C)cc1. The minimum atomic E-state index is -3.82. The van der Waals surface area contributed by atoms with Crippen molar-refractivity contribution in [1.82, 2.24) is 14.9 Å². The molecule has 0 heterocycles. The van der Waals surface area contributed by atoms with Gasteiger partial charge in [-0.2, -0.15) is 4.72 Å². The molecule has 28 heavy (non-hydrogen) atoms. The highest BCUT2D eigenvalue weighted by Gasteiger charge is 2.37. The standard InChI is InChI=1S/C20H33N3O4S/c1-15(2)18(19(24)21-14-20(23(3)4)12-6-7-13-20)22-28(25,26)17-10-8-16(27-5)9-11-17/h8-11,15,18,22H,6-7,12-14H2,1-5H3,(H,21,24)/t18-/m0/s1. The largest absolute Gasteiger partial charge is 0.497 e. The first kappa shape index (κ1) is 22.6. The lowest BCUT2D eigenvalue weighted by molar-refractivity contribution is -0.124. The van der Waals surface area contributed by atoms with Crippen molar-refractivity contribution in [3.05, 3.63) is 24.3 Å². The average Bonchev–Trinajstić information content (AvgIpc) is 3.14.